The van der Waals surface area contributed by atoms with E-state index in [2.05, 4.69) is 215 Å². The van der Waals surface area contributed by atoms with E-state index in [0.29, 0.717) is 0 Å². The van der Waals surface area contributed by atoms with E-state index < -0.39 is 0 Å². The van der Waals surface area contributed by atoms with Crippen molar-refractivity contribution in [3.8, 4) is 44.8 Å². The molecule has 0 aliphatic heterocycles. The van der Waals surface area contributed by atoms with Crippen molar-refractivity contribution in [2.24, 2.45) is 0 Å². The molecule has 0 unspecified atom stereocenters. The van der Waals surface area contributed by atoms with Crippen LogP contribution in [0.5, 0.6) is 0 Å². The smallest absolute Gasteiger partial charge is 0.0561 e. The Balaban J connectivity index is 1.01. The molecule has 0 saturated carbocycles. The number of nitrogens with zero attached hydrogens (tertiary/aromatic N) is 2. The van der Waals surface area contributed by atoms with E-state index in [1.54, 1.807) is 0 Å². The van der Waals surface area contributed by atoms with Crippen LogP contribution in [0.4, 0.5) is 0 Å². The van der Waals surface area contributed by atoms with Crippen LogP contribution in [0.25, 0.3) is 109 Å². The molecule has 0 fully saturated rings. The lowest BCUT2D eigenvalue weighted by Gasteiger charge is -2.13. The summed E-state index contributed by atoms with van der Waals surface area (Å²) in [6.45, 7) is 0. The lowest BCUT2D eigenvalue weighted by Crippen LogP contribution is -1.97. The molecule has 0 atom stereocenters. The molecule has 12 aromatic rings. The number of benzene rings is 9. The molecule has 266 valence electrons. The van der Waals surface area contributed by atoms with Crippen molar-refractivity contribution in [1.29, 1.82) is 0 Å². The van der Waals surface area contributed by atoms with Crippen LogP contribution in [0, 0.1) is 0 Å². The quantitative estimate of drug-likeness (QED) is 0.166. The molecule has 0 spiro atoms. The van der Waals surface area contributed by atoms with E-state index in [4.69, 9.17) is 0 Å². The van der Waals surface area contributed by atoms with Gasteiger partial charge < -0.3 is 9.13 Å². The standard InChI is InChI=1S/C54H34N2S/c1-2-13-35(14-3-1)36-27-29-37(30-28-36)41-20-11-22-47-48-23-12-21-42(54(48)57-53(41)47)38-15-10-16-39(33-38)56-51-26-9-6-19-45(51)46-32-31-40(34-52(46)56)55-49-24-7-4-17-43(49)44-18-5-8-25-50(44)55/h1-34H. The first kappa shape index (κ1) is 32.1. The highest BCUT2D eigenvalue weighted by Crippen LogP contribution is 2.45. The van der Waals surface area contributed by atoms with Crippen LogP contribution in [-0.2, 0) is 0 Å². The summed E-state index contributed by atoms with van der Waals surface area (Å²) >= 11 is 1.91. The molecule has 0 aliphatic rings. The minimum atomic E-state index is 1.15. The summed E-state index contributed by atoms with van der Waals surface area (Å²) in [5.41, 5.74) is 14.6. The molecule has 2 nitrogen and oxygen atoms in total. The van der Waals surface area contributed by atoms with Gasteiger partial charge in [0.05, 0.1) is 22.1 Å². The van der Waals surface area contributed by atoms with Crippen molar-refractivity contribution in [2.75, 3.05) is 0 Å². The Morgan fingerprint density at radius 1 is 0.263 bits per heavy atom. The summed E-state index contributed by atoms with van der Waals surface area (Å²) in [5.74, 6) is 0. The maximum absolute atomic E-state index is 2.45. The zero-order valence-electron chi connectivity index (χ0n) is 30.9. The molecule has 57 heavy (non-hydrogen) atoms. The maximum Gasteiger partial charge on any atom is 0.0561 e. The van der Waals surface area contributed by atoms with Gasteiger partial charge in [0, 0.05) is 53.1 Å². The van der Waals surface area contributed by atoms with Crippen LogP contribution >= 0.6 is 11.3 Å². The van der Waals surface area contributed by atoms with E-state index in [1.165, 1.54) is 97.2 Å². The van der Waals surface area contributed by atoms with Gasteiger partial charge in [-0.3, -0.25) is 0 Å². The summed E-state index contributed by atoms with van der Waals surface area (Å²) < 4.78 is 7.50. The van der Waals surface area contributed by atoms with Gasteiger partial charge in [0.1, 0.15) is 0 Å². The third kappa shape index (κ3) is 4.96. The fraction of sp³-hybridized carbons (Fsp3) is 0. The zero-order valence-corrected chi connectivity index (χ0v) is 31.7. The molecule has 0 bridgehead atoms. The normalized spacial score (nSPS) is 11.9. The molecule has 0 aliphatic carbocycles. The summed E-state index contributed by atoms with van der Waals surface area (Å²) in [6.07, 6.45) is 0. The van der Waals surface area contributed by atoms with Gasteiger partial charge in [0.25, 0.3) is 0 Å². The highest BCUT2D eigenvalue weighted by molar-refractivity contribution is 7.26. The van der Waals surface area contributed by atoms with Crippen molar-refractivity contribution in [3.05, 3.63) is 206 Å². The number of fused-ring (bicyclic) bond motifs is 9. The van der Waals surface area contributed by atoms with Crippen LogP contribution in [0.3, 0.4) is 0 Å². The minimum Gasteiger partial charge on any atom is -0.309 e. The summed E-state index contributed by atoms with van der Waals surface area (Å²) in [7, 11) is 0. The van der Waals surface area contributed by atoms with Gasteiger partial charge in [-0.25, -0.2) is 0 Å². The number of thiophene rings is 1. The monoisotopic (exact) mass is 742 g/mol. The van der Waals surface area contributed by atoms with Crippen molar-refractivity contribution in [2.45, 2.75) is 0 Å². The second-order valence-corrected chi connectivity index (χ2v) is 15.9. The van der Waals surface area contributed by atoms with Gasteiger partial charge in [-0.15, -0.1) is 11.3 Å². The first-order chi connectivity index (χ1) is 28.3. The lowest BCUT2D eigenvalue weighted by molar-refractivity contribution is 1.15. The van der Waals surface area contributed by atoms with Crippen molar-refractivity contribution >= 4 is 75.1 Å². The van der Waals surface area contributed by atoms with Gasteiger partial charge in [0.2, 0.25) is 0 Å². The van der Waals surface area contributed by atoms with E-state index >= 15 is 0 Å². The Morgan fingerprint density at radius 3 is 1.33 bits per heavy atom. The van der Waals surface area contributed by atoms with E-state index in [9.17, 15) is 0 Å². The molecule has 9 aromatic carbocycles. The van der Waals surface area contributed by atoms with Crippen LogP contribution in [0.15, 0.2) is 206 Å². The van der Waals surface area contributed by atoms with Gasteiger partial charge in [-0.2, -0.15) is 0 Å². The first-order valence-electron chi connectivity index (χ1n) is 19.5. The zero-order chi connectivity index (χ0) is 37.5. The topological polar surface area (TPSA) is 9.86 Å². The van der Waals surface area contributed by atoms with Crippen molar-refractivity contribution < 1.29 is 0 Å². The summed E-state index contributed by atoms with van der Waals surface area (Å²) in [4.78, 5) is 0. The van der Waals surface area contributed by atoms with E-state index in [1.807, 2.05) is 11.3 Å². The van der Waals surface area contributed by atoms with E-state index in [0.717, 1.165) is 11.4 Å². The van der Waals surface area contributed by atoms with Gasteiger partial charge in [0.15, 0.2) is 0 Å². The molecule has 3 heteroatoms. The van der Waals surface area contributed by atoms with Gasteiger partial charge >= 0.3 is 0 Å². The molecular formula is C54H34N2S. The molecule has 0 N–H and O–H groups in total. The second-order valence-electron chi connectivity index (χ2n) is 14.9. The Kier molecular flexibility index (Phi) is 7.13. The Morgan fingerprint density at radius 2 is 0.702 bits per heavy atom. The number of rotatable bonds is 5. The number of hydrogen-bond donors (Lipinski definition) is 0. The summed E-state index contributed by atoms with van der Waals surface area (Å²) in [5, 5.41) is 7.64. The van der Waals surface area contributed by atoms with Crippen LogP contribution in [-0.4, -0.2) is 9.13 Å². The second kappa shape index (κ2) is 12.7. The van der Waals surface area contributed by atoms with Crippen molar-refractivity contribution in [3.63, 3.8) is 0 Å². The molecule has 3 aromatic heterocycles. The summed E-state index contributed by atoms with van der Waals surface area (Å²) in [6, 6.07) is 75.5. The average molecular weight is 743 g/mol. The lowest BCUT2D eigenvalue weighted by atomic mass is 9.98. The molecular weight excluding hydrogens is 709 g/mol. The van der Waals surface area contributed by atoms with Gasteiger partial charge in [-0.05, 0) is 75.8 Å². The van der Waals surface area contributed by atoms with Crippen LogP contribution < -0.4 is 0 Å². The highest BCUT2D eigenvalue weighted by atomic mass is 32.1. The highest BCUT2D eigenvalue weighted by Gasteiger charge is 2.18. The van der Waals surface area contributed by atoms with Crippen LogP contribution in [0.1, 0.15) is 0 Å². The molecule has 12 rings (SSSR count). The van der Waals surface area contributed by atoms with Crippen molar-refractivity contribution in [1.82, 2.24) is 9.13 Å². The number of para-hydroxylation sites is 3. The largest absolute Gasteiger partial charge is 0.309 e. The SMILES string of the molecule is c1ccc(-c2ccc(-c3cccc4c3sc3c(-c5cccc(-n6c7ccccc7c7ccc(-n8c9ccccc9c9ccccc98)cc76)c5)cccc34)cc2)cc1. The fourth-order valence-corrected chi connectivity index (χ4v) is 10.5. The molecule has 0 radical (unpaired) electrons. The van der Waals surface area contributed by atoms with Gasteiger partial charge in [-0.1, -0.05) is 164 Å². The molecule has 0 amide bonds. The van der Waals surface area contributed by atoms with E-state index in [-0.39, 0.29) is 0 Å². The number of aromatic nitrogens is 2. The predicted octanol–water partition coefficient (Wildman–Crippen LogP) is 15.2. The molecule has 3 heterocycles. The fourth-order valence-electron chi connectivity index (χ4n) is 9.14. The Labute approximate surface area is 333 Å². The maximum atomic E-state index is 2.45. The minimum absolute atomic E-state index is 1.15. The Hall–Kier alpha value is -7.20. The first-order valence-corrected chi connectivity index (χ1v) is 20.3. The molecule has 0 saturated heterocycles. The average Bonchev–Trinajstić information content (AvgIpc) is 3.94. The van der Waals surface area contributed by atoms with Crippen LogP contribution in [0.2, 0.25) is 0 Å². The Bertz CT molecular complexity index is 3460. The predicted molar refractivity (Wildman–Crippen MR) is 244 cm³/mol. The number of hydrogen-bond acceptors (Lipinski definition) is 1. The third-order valence-corrected chi connectivity index (χ3v) is 13.0. The third-order valence-electron chi connectivity index (χ3n) is 11.7.